The average molecular weight is 495 g/mol. The molecule has 0 fully saturated rings. The molecule has 0 saturated carbocycles. The minimum Gasteiger partial charge on any atom is -0.423 e. The van der Waals surface area contributed by atoms with Gasteiger partial charge in [-0.2, -0.15) is 0 Å². The van der Waals surface area contributed by atoms with Gasteiger partial charge in [0.15, 0.2) is 0 Å². The lowest BCUT2D eigenvalue weighted by Gasteiger charge is -2.14. The first-order valence-electron chi connectivity index (χ1n) is 11.4. The Kier molecular flexibility index (Phi) is 6.02. The highest BCUT2D eigenvalue weighted by molar-refractivity contribution is 6.28. The fourth-order valence-corrected chi connectivity index (χ4v) is 4.40. The van der Waals surface area contributed by atoms with Crippen molar-refractivity contribution < 1.29 is 33.8 Å². The van der Waals surface area contributed by atoms with Crippen LogP contribution in [0.5, 0.6) is 11.5 Å². The van der Waals surface area contributed by atoms with Gasteiger partial charge in [0.05, 0.1) is 23.4 Å². The van der Waals surface area contributed by atoms with E-state index in [0.29, 0.717) is 17.0 Å². The second-order valence-electron chi connectivity index (χ2n) is 8.65. The summed E-state index contributed by atoms with van der Waals surface area (Å²) in [5.74, 6) is -1.55. The van der Waals surface area contributed by atoms with Gasteiger partial charge in [-0.25, -0.2) is 14.5 Å². The lowest BCUT2D eigenvalue weighted by molar-refractivity contribution is -0.130. The van der Waals surface area contributed by atoms with Crippen LogP contribution in [-0.4, -0.2) is 35.5 Å². The highest BCUT2D eigenvalue weighted by Gasteiger charge is 2.28. The number of hydrogen-bond acceptors (Lipinski definition) is 7. The number of fused-ring (bicyclic) bond motifs is 3. The zero-order chi connectivity index (χ0) is 26.3. The van der Waals surface area contributed by atoms with Crippen molar-refractivity contribution in [2.45, 2.75) is 12.8 Å². The summed E-state index contributed by atoms with van der Waals surface area (Å²) in [6.07, 6.45) is 2.40. The van der Waals surface area contributed by atoms with E-state index in [1.54, 1.807) is 24.3 Å². The van der Waals surface area contributed by atoms with E-state index in [-0.39, 0.29) is 17.2 Å². The maximum atomic E-state index is 12.9. The smallest absolute Gasteiger partial charge is 0.343 e. The molecule has 1 unspecified atom stereocenters. The summed E-state index contributed by atoms with van der Waals surface area (Å²) < 4.78 is 10.8. The molecule has 0 spiro atoms. The molecule has 1 aliphatic carbocycles. The first kappa shape index (κ1) is 23.9. The number of hydrogen-bond donors (Lipinski definition) is 1. The maximum absolute atomic E-state index is 12.9. The predicted octanol–water partition coefficient (Wildman–Crippen LogP) is 3.92. The van der Waals surface area contributed by atoms with Crippen LogP contribution in [0.2, 0.25) is 0 Å². The molecule has 184 valence electrons. The van der Waals surface area contributed by atoms with Crippen LogP contribution in [0.4, 0.5) is 5.69 Å². The number of amides is 2. The van der Waals surface area contributed by atoms with Crippen molar-refractivity contribution in [2.24, 2.45) is 0 Å². The Bertz CT molecular complexity index is 1500. The zero-order valence-electron chi connectivity index (χ0n) is 19.8. The van der Waals surface area contributed by atoms with E-state index in [1.165, 1.54) is 36.4 Å². The highest BCUT2D eigenvalue weighted by atomic mass is 16.5. The van der Waals surface area contributed by atoms with Crippen LogP contribution in [0.25, 0.3) is 11.1 Å². The lowest BCUT2D eigenvalue weighted by Crippen LogP contribution is -2.29. The molecule has 8 nitrogen and oxygen atoms in total. The molecule has 1 N–H and O–H groups in total. The number of rotatable bonds is 6. The summed E-state index contributed by atoms with van der Waals surface area (Å²) >= 11 is 0. The highest BCUT2D eigenvalue weighted by Crippen LogP contribution is 2.46. The van der Waals surface area contributed by atoms with Crippen LogP contribution >= 0.6 is 0 Å². The van der Waals surface area contributed by atoms with E-state index in [1.807, 2.05) is 19.1 Å². The summed E-state index contributed by atoms with van der Waals surface area (Å²) in [5, 5.41) is 9.07. The van der Waals surface area contributed by atoms with Crippen molar-refractivity contribution in [2.75, 3.05) is 11.5 Å². The van der Waals surface area contributed by atoms with Crippen molar-refractivity contribution in [3.8, 4) is 22.6 Å². The Balaban J connectivity index is 1.32. The van der Waals surface area contributed by atoms with Crippen LogP contribution in [0.15, 0.2) is 85.0 Å². The van der Waals surface area contributed by atoms with Crippen molar-refractivity contribution in [1.29, 1.82) is 0 Å². The van der Waals surface area contributed by atoms with Gasteiger partial charge in [-0.1, -0.05) is 25.6 Å². The molecular weight excluding hydrogens is 474 g/mol. The van der Waals surface area contributed by atoms with Crippen molar-refractivity contribution >= 4 is 29.4 Å². The fourth-order valence-electron chi connectivity index (χ4n) is 4.40. The third kappa shape index (κ3) is 4.34. The van der Waals surface area contributed by atoms with Crippen molar-refractivity contribution in [3.05, 3.63) is 102 Å². The molecular formula is C29H21NO7. The Morgan fingerprint density at radius 3 is 2.11 bits per heavy atom. The van der Waals surface area contributed by atoms with Crippen LogP contribution in [0.3, 0.4) is 0 Å². The summed E-state index contributed by atoms with van der Waals surface area (Å²) in [6, 6.07) is 16.7. The normalized spacial score (nSPS) is 15.4. The molecule has 1 atom stereocenters. The van der Waals surface area contributed by atoms with Gasteiger partial charge < -0.3 is 14.6 Å². The summed E-state index contributed by atoms with van der Waals surface area (Å²) in [5.41, 5.74) is 4.52. The Morgan fingerprint density at radius 2 is 1.46 bits per heavy atom. The van der Waals surface area contributed by atoms with Crippen LogP contribution in [0.1, 0.15) is 34.3 Å². The number of anilines is 1. The number of imide groups is 1. The number of carbonyl (C=O) groups excluding carboxylic acids is 4. The largest absolute Gasteiger partial charge is 0.423 e. The molecule has 2 amide bonds. The molecule has 0 radical (unpaired) electrons. The predicted molar refractivity (Wildman–Crippen MR) is 134 cm³/mol. The summed E-state index contributed by atoms with van der Waals surface area (Å²) in [7, 11) is 0. The first-order valence-corrected chi connectivity index (χ1v) is 11.4. The second-order valence-corrected chi connectivity index (χ2v) is 8.65. The molecule has 3 aromatic carbocycles. The molecule has 3 aromatic rings. The summed E-state index contributed by atoms with van der Waals surface area (Å²) in [4.78, 5) is 49.5. The van der Waals surface area contributed by atoms with Crippen LogP contribution < -0.4 is 14.4 Å². The molecule has 0 aromatic heterocycles. The van der Waals surface area contributed by atoms with E-state index in [0.717, 1.165) is 27.2 Å². The molecule has 1 aliphatic heterocycles. The molecule has 0 bridgehead atoms. The number of ether oxygens (including phenoxy) is 2. The van der Waals surface area contributed by atoms with E-state index in [9.17, 15) is 19.2 Å². The third-order valence-electron chi connectivity index (χ3n) is 6.34. The quantitative estimate of drug-likeness (QED) is 0.239. The SMILES string of the molecule is C=C(CO)C(=O)Oc1ccc2c(c1)C(C)c1cc(C(=O)Oc3ccc(N4C(=O)C=CC4=O)cc3)ccc1-2. The molecule has 5 rings (SSSR count). The van der Waals surface area contributed by atoms with Crippen LogP contribution in [0, 0.1) is 0 Å². The van der Waals surface area contributed by atoms with E-state index >= 15 is 0 Å². The number of esters is 2. The van der Waals surface area contributed by atoms with Gasteiger partial charge in [-0.15, -0.1) is 0 Å². The molecule has 2 aliphatic rings. The van der Waals surface area contributed by atoms with Gasteiger partial charge in [0.2, 0.25) is 0 Å². The monoisotopic (exact) mass is 495 g/mol. The molecule has 37 heavy (non-hydrogen) atoms. The maximum Gasteiger partial charge on any atom is 0.343 e. The second kappa shape index (κ2) is 9.33. The number of carbonyl (C=O) groups is 4. The first-order chi connectivity index (χ1) is 17.8. The van der Waals surface area contributed by atoms with Crippen LogP contribution in [-0.2, 0) is 14.4 Å². The Labute approximate surface area is 212 Å². The van der Waals surface area contributed by atoms with Gasteiger partial charge >= 0.3 is 11.9 Å². The topological polar surface area (TPSA) is 110 Å². The molecule has 8 heteroatoms. The minimum atomic E-state index is -0.695. The third-order valence-corrected chi connectivity index (χ3v) is 6.34. The molecule has 1 heterocycles. The van der Waals surface area contributed by atoms with Gasteiger partial charge in [-0.05, 0) is 70.8 Å². The number of aliphatic hydroxyl groups is 1. The number of nitrogens with zero attached hydrogens (tertiary/aromatic N) is 1. The summed E-state index contributed by atoms with van der Waals surface area (Å²) in [6.45, 7) is 4.98. The Hall–Kier alpha value is -4.82. The van der Waals surface area contributed by atoms with E-state index in [2.05, 4.69) is 6.58 Å². The van der Waals surface area contributed by atoms with Gasteiger partial charge in [-0.3, -0.25) is 9.59 Å². The van der Waals surface area contributed by atoms with E-state index < -0.39 is 30.4 Å². The average Bonchev–Trinajstić information content (AvgIpc) is 3.38. The number of benzene rings is 3. The minimum absolute atomic E-state index is 0.0374. The fraction of sp³-hybridized carbons (Fsp3) is 0.103. The van der Waals surface area contributed by atoms with E-state index in [4.69, 9.17) is 14.6 Å². The van der Waals surface area contributed by atoms with Gasteiger partial charge in [0.25, 0.3) is 11.8 Å². The van der Waals surface area contributed by atoms with Crippen molar-refractivity contribution in [3.63, 3.8) is 0 Å². The number of aliphatic hydroxyl groups excluding tert-OH is 1. The Morgan fingerprint density at radius 1 is 0.865 bits per heavy atom. The standard InChI is InChI=1S/C29H21NO7/c1-16(15-31)28(34)37-21-8-10-23-22-9-3-18(13-24(22)17(2)25(23)14-21)29(35)36-20-6-4-19(5-7-20)30-26(32)11-12-27(30)33/h3-14,17,31H,1,15H2,2H3. The lowest BCUT2D eigenvalue weighted by atomic mass is 9.98. The zero-order valence-corrected chi connectivity index (χ0v) is 19.8. The molecule has 0 saturated heterocycles. The van der Waals surface area contributed by atoms with Crippen molar-refractivity contribution in [1.82, 2.24) is 0 Å². The van der Waals surface area contributed by atoms with Gasteiger partial charge in [0.1, 0.15) is 11.5 Å². The van der Waals surface area contributed by atoms with Gasteiger partial charge in [0, 0.05) is 18.1 Å².